The van der Waals surface area contributed by atoms with Gasteiger partial charge in [0.25, 0.3) is 0 Å². The van der Waals surface area contributed by atoms with Crippen molar-refractivity contribution in [3.63, 3.8) is 0 Å². The van der Waals surface area contributed by atoms with Crippen molar-refractivity contribution in [2.45, 2.75) is 6.54 Å². The van der Waals surface area contributed by atoms with Gasteiger partial charge in [-0.1, -0.05) is 0 Å². The third-order valence-corrected chi connectivity index (χ3v) is 2.21. The Labute approximate surface area is 101 Å². The normalized spacial score (nSPS) is 9.72. The maximum atomic E-state index is 10.9. The summed E-state index contributed by atoms with van der Waals surface area (Å²) in [6.45, 7) is 0.260. The van der Waals surface area contributed by atoms with Gasteiger partial charge in [-0.15, -0.1) is 0 Å². The summed E-state index contributed by atoms with van der Waals surface area (Å²) in [5.41, 5.74) is -0.358. The van der Waals surface area contributed by atoms with Crippen molar-refractivity contribution in [2.24, 2.45) is 0 Å². The molecule has 2 aromatic rings. The summed E-state index contributed by atoms with van der Waals surface area (Å²) in [6.07, 6.45) is 4.56. The summed E-state index contributed by atoms with van der Waals surface area (Å²) >= 11 is 0. The number of rotatable bonds is 4. The Kier molecular flexibility index (Phi) is 3.15. The number of hydrogen-bond acceptors (Lipinski definition) is 6. The van der Waals surface area contributed by atoms with Gasteiger partial charge in [-0.05, 0) is 6.07 Å². The Bertz CT molecular complexity index is 601. The second-order valence-corrected chi connectivity index (χ2v) is 3.31. The molecule has 2 N–H and O–H groups in total. The van der Waals surface area contributed by atoms with E-state index in [1.54, 1.807) is 18.5 Å². The number of nitriles is 1. The molecule has 0 aliphatic carbocycles. The predicted octanol–water partition coefficient (Wildman–Crippen LogP) is 1.20. The fourth-order valence-corrected chi connectivity index (χ4v) is 1.42. The van der Waals surface area contributed by atoms with E-state index in [2.05, 4.69) is 20.3 Å². The van der Waals surface area contributed by atoms with Crippen LogP contribution in [0.4, 0.5) is 11.5 Å². The molecule has 0 bridgehead atoms. The van der Waals surface area contributed by atoms with Gasteiger partial charge in [0.1, 0.15) is 17.5 Å². The molecule has 0 aromatic carbocycles. The highest BCUT2D eigenvalue weighted by Gasteiger charge is 2.20. The predicted molar refractivity (Wildman–Crippen MR) is 61.5 cm³/mol. The molecule has 2 rings (SSSR count). The maximum absolute atomic E-state index is 10.9. The lowest BCUT2D eigenvalue weighted by molar-refractivity contribution is -0.384. The zero-order valence-corrected chi connectivity index (χ0v) is 9.12. The third kappa shape index (κ3) is 2.25. The Morgan fingerprint density at radius 1 is 1.50 bits per heavy atom. The molecule has 2 aromatic heterocycles. The number of aromatic nitrogens is 3. The monoisotopic (exact) mass is 244 g/mol. The number of hydrogen-bond donors (Lipinski definition) is 2. The zero-order chi connectivity index (χ0) is 13.0. The molecule has 0 saturated heterocycles. The minimum absolute atomic E-state index is 0.0306. The van der Waals surface area contributed by atoms with Crippen LogP contribution in [0.1, 0.15) is 11.4 Å². The quantitative estimate of drug-likeness (QED) is 0.615. The molecule has 8 nitrogen and oxygen atoms in total. The molecule has 0 saturated carbocycles. The first-order chi connectivity index (χ1) is 8.72. The number of H-pyrrole nitrogens is 1. The molecule has 0 amide bonds. The van der Waals surface area contributed by atoms with Crippen LogP contribution in [0.2, 0.25) is 0 Å². The highest BCUT2D eigenvalue weighted by Crippen LogP contribution is 2.25. The molecule has 0 aliphatic heterocycles. The Hall–Kier alpha value is -2.95. The van der Waals surface area contributed by atoms with E-state index in [1.807, 2.05) is 0 Å². The molecular formula is C10H8N6O2. The highest BCUT2D eigenvalue weighted by atomic mass is 16.6. The van der Waals surface area contributed by atoms with Gasteiger partial charge in [0.05, 0.1) is 11.5 Å². The minimum Gasteiger partial charge on any atom is -0.357 e. The number of imidazole rings is 1. The summed E-state index contributed by atoms with van der Waals surface area (Å²) < 4.78 is 0. The van der Waals surface area contributed by atoms with Crippen molar-refractivity contribution in [3.8, 4) is 6.07 Å². The summed E-state index contributed by atoms with van der Waals surface area (Å²) in [7, 11) is 0. The minimum atomic E-state index is -0.629. The van der Waals surface area contributed by atoms with Gasteiger partial charge >= 0.3 is 5.69 Å². The summed E-state index contributed by atoms with van der Waals surface area (Å²) in [5.74, 6) is 0.670. The number of aromatic amines is 1. The molecule has 0 aliphatic rings. The highest BCUT2D eigenvalue weighted by molar-refractivity contribution is 5.63. The van der Waals surface area contributed by atoms with Gasteiger partial charge in [0.2, 0.25) is 5.82 Å². The van der Waals surface area contributed by atoms with Crippen LogP contribution < -0.4 is 5.32 Å². The van der Waals surface area contributed by atoms with Gasteiger partial charge in [-0.2, -0.15) is 5.26 Å². The smallest absolute Gasteiger partial charge is 0.328 e. The molecule has 0 fully saturated rings. The molecule has 0 atom stereocenters. The van der Waals surface area contributed by atoms with Crippen LogP contribution in [0, 0.1) is 21.4 Å². The average Bonchev–Trinajstić information content (AvgIpc) is 2.88. The Morgan fingerprint density at radius 3 is 2.94 bits per heavy atom. The van der Waals surface area contributed by atoms with E-state index in [0.29, 0.717) is 5.82 Å². The van der Waals surface area contributed by atoms with Crippen LogP contribution in [0.15, 0.2) is 24.7 Å². The van der Waals surface area contributed by atoms with Crippen molar-refractivity contribution in [1.29, 1.82) is 5.26 Å². The molecule has 18 heavy (non-hydrogen) atoms. The third-order valence-electron chi connectivity index (χ3n) is 2.21. The molecule has 0 unspecified atom stereocenters. The van der Waals surface area contributed by atoms with Gasteiger partial charge in [0, 0.05) is 18.6 Å². The van der Waals surface area contributed by atoms with Gasteiger partial charge in [-0.25, -0.2) is 9.97 Å². The first-order valence-corrected chi connectivity index (χ1v) is 4.98. The van der Waals surface area contributed by atoms with Crippen LogP contribution in [0.5, 0.6) is 0 Å². The summed E-state index contributed by atoms with van der Waals surface area (Å²) in [6, 6.07) is 3.07. The Morgan fingerprint density at radius 2 is 2.33 bits per heavy atom. The molecule has 90 valence electrons. The fraction of sp³-hybridized carbons (Fsp3) is 0.100. The first-order valence-electron chi connectivity index (χ1n) is 4.98. The van der Waals surface area contributed by atoms with E-state index in [9.17, 15) is 10.1 Å². The molecule has 0 spiro atoms. The second-order valence-electron chi connectivity index (χ2n) is 3.31. The average molecular weight is 244 g/mol. The number of nitrogens with one attached hydrogen (secondary N) is 2. The summed E-state index contributed by atoms with van der Waals surface area (Å²) in [4.78, 5) is 21.0. The van der Waals surface area contributed by atoms with Crippen LogP contribution in [0.25, 0.3) is 0 Å². The summed E-state index contributed by atoms with van der Waals surface area (Å²) in [5, 5.41) is 22.5. The molecule has 8 heteroatoms. The van der Waals surface area contributed by atoms with Crippen molar-refractivity contribution in [3.05, 3.63) is 46.2 Å². The molecular weight excluding hydrogens is 236 g/mol. The number of anilines is 1. The van der Waals surface area contributed by atoms with Crippen LogP contribution in [-0.2, 0) is 6.54 Å². The van der Waals surface area contributed by atoms with E-state index in [1.165, 1.54) is 12.3 Å². The lowest BCUT2D eigenvalue weighted by Gasteiger charge is -2.04. The van der Waals surface area contributed by atoms with E-state index in [-0.39, 0.29) is 23.6 Å². The maximum Gasteiger partial charge on any atom is 0.328 e. The zero-order valence-electron chi connectivity index (χ0n) is 9.12. The van der Waals surface area contributed by atoms with Crippen LogP contribution in [0.3, 0.4) is 0 Å². The van der Waals surface area contributed by atoms with Crippen LogP contribution in [-0.4, -0.2) is 19.9 Å². The van der Waals surface area contributed by atoms with E-state index >= 15 is 0 Å². The number of nitrogens with zero attached hydrogens (tertiary/aromatic N) is 4. The van der Waals surface area contributed by atoms with Crippen molar-refractivity contribution >= 4 is 11.5 Å². The second kappa shape index (κ2) is 4.92. The van der Waals surface area contributed by atoms with E-state index in [0.717, 1.165) is 0 Å². The van der Waals surface area contributed by atoms with Gasteiger partial charge < -0.3 is 10.3 Å². The van der Waals surface area contributed by atoms with Crippen molar-refractivity contribution in [2.75, 3.05) is 5.32 Å². The lowest BCUT2D eigenvalue weighted by atomic mass is 10.2. The van der Waals surface area contributed by atoms with Crippen molar-refractivity contribution in [1.82, 2.24) is 15.0 Å². The molecule has 0 radical (unpaired) electrons. The molecule has 2 heterocycles. The first kappa shape index (κ1) is 11.5. The van der Waals surface area contributed by atoms with E-state index in [4.69, 9.17) is 5.26 Å². The largest absolute Gasteiger partial charge is 0.357 e. The SMILES string of the molecule is N#Cc1ccnc(NCc2ncc[nH]2)c1[N+](=O)[O-]. The van der Waals surface area contributed by atoms with E-state index < -0.39 is 4.92 Å². The van der Waals surface area contributed by atoms with Gasteiger partial charge in [-0.3, -0.25) is 10.1 Å². The standard InChI is InChI=1S/C10H8N6O2/c11-5-7-1-2-14-10(9(7)16(17)18)15-6-8-12-3-4-13-8/h1-4H,6H2,(H,12,13)(H,14,15). The number of pyridine rings is 1. The Balaban J connectivity index is 2.27. The van der Waals surface area contributed by atoms with Crippen molar-refractivity contribution < 1.29 is 4.92 Å². The van der Waals surface area contributed by atoms with Gasteiger partial charge in [0.15, 0.2) is 0 Å². The number of nitro groups is 1. The van der Waals surface area contributed by atoms with Crippen LogP contribution >= 0.6 is 0 Å². The lowest BCUT2D eigenvalue weighted by Crippen LogP contribution is -2.06. The fourth-order valence-electron chi connectivity index (χ4n) is 1.42. The topological polar surface area (TPSA) is 121 Å².